The number of anilines is 1. The third-order valence-electron chi connectivity index (χ3n) is 3.53. The minimum atomic E-state index is -0.796. The first kappa shape index (κ1) is 14.9. The first-order valence-corrected chi connectivity index (χ1v) is 6.70. The molecule has 0 aromatic heterocycles. The van der Waals surface area contributed by atoms with Crippen LogP contribution in [-0.2, 0) is 4.79 Å². The number of aliphatic hydroxyl groups excluding tert-OH is 1. The maximum atomic E-state index is 13.4. The van der Waals surface area contributed by atoms with E-state index in [9.17, 15) is 13.6 Å². The van der Waals surface area contributed by atoms with Crippen LogP contribution in [0.15, 0.2) is 18.2 Å². The monoisotopic (exact) mass is 284 g/mol. The first-order chi connectivity index (χ1) is 9.60. The molecule has 1 amide bonds. The number of rotatable bonds is 6. The number of carbonyl (C=O) groups is 1. The van der Waals surface area contributed by atoms with Crippen LogP contribution in [0.5, 0.6) is 0 Å². The first-order valence-electron chi connectivity index (χ1n) is 6.70. The van der Waals surface area contributed by atoms with E-state index in [1.807, 2.05) is 4.90 Å². The van der Waals surface area contributed by atoms with Gasteiger partial charge in [-0.05, 0) is 25.0 Å². The second kappa shape index (κ2) is 6.76. The molecule has 0 unspecified atom stereocenters. The molecule has 1 saturated carbocycles. The summed E-state index contributed by atoms with van der Waals surface area (Å²) in [5, 5.41) is 11.4. The molecule has 0 heterocycles. The molecule has 0 aliphatic heterocycles. The van der Waals surface area contributed by atoms with E-state index in [1.165, 1.54) is 6.07 Å². The summed E-state index contributed by atoms with van der Waals surface area (Å²) >= 11 is 0. The Labute approximate surface area is 116 Å². The lowest BCUT2D eigenvalue weighted by Crippen LogP contribution is -2.45. The lowest BCUT2D eigenvalue weighted by molar-refractivity contribution is -0.118. The molecule has 0 radical (unpaired) electrons. The summed E-state index contributed by atoms with van der Waals surface area (Å²) in [6, 6.07) is 3.33. The molecule has 1 aliphatic rings. The van der Waals surface area contributed by atoms with Crippen molar-refractivity contribution in [1.82, 2.24) is 4.90 Å². The Hall–Kier alpha value is -1.53. The number of benzene rings is 1. The molecule has 6 heteroatoms. The fourth-order valence-electron chi connectivity index (χ4n) is 2.24. The van der Waals surface area contributed by atoms with Crippen molar-refractivity contribution >= 4 is 11.6 Å². The number of nitrogens with zero attached hydrogens (tertiary/aromatic N) is 1. The van der Waals surface area contributed by atoms with Crippen molar-refractivity contribution in [1.29, 1.82) is 0 Å². The van der Waals surface area contributed by atoms with Crippen LogP contribution < -0.4 is 5.32 Å². The van der Waals surface area contributed by atoms with Crippen LogP contribution >= 0.6 is 0 Å². The van der Waals surface area contributed by atoms with Gasteiger partial charge in [-0.2, -0.15) is 0 Å². The van der Waals surface area contributed by atoms with Gasteiger partial charge < -0.3 is 10.4 Å². The maximum Gasteiger partial charge on any atom is 0.238 e. The molecular weight excluding hydrogens is 266 g/mol. The Morgan fingerprint density at radius 2 is 2.15 bits per heavy atom. The molecule has 1 fully saturated rings. The molecule has 4 nitrogen and oxygen atoms in total. The van der Waals surface area contributed by atoms with E-state index >= 15 is 0 Å². The molecule has 0 saturated heterocycles. The molecule has 1 aromatic rings. The second-order valence-electron chi connectivity index (χ2n) is 4.95. The minimum Gasteiger partial charge on any atom is -0.395 e. The number of amides is 1. The molecule has 2 rings (SSSR count). The Balaban J connectivity index is 1.93. The van der Waals surface area contributed by atoms with Crippen LogP contribution in [0.4, 0.5) is 14.5 Å². The van der Waals surface area contributed by atoms with Crippen molar-refractivity contribution in [3.63, 3.8) is 0 Å². The van der Waals surface area contributed by atoms with Crippen LogP contribution in [0.2, 0.25) is 0 Å². The number of hydrogen-bond donors (Lipinski definition) is 2. The zero-order chi connectivity index (χ0) is 14.5. The predicted molar refractivity (Wildman–Crippen MR) is 71.3 cm³/mol. The van der Waals surface area contributed by atoms with Crippen LogP contribution in [-0.4, -0.2) is 41.7 Å². The van der Waals surface area contributed by atoms with Crippen molar-refractivity contribution in [2.75, 3.05) is 25.0 Å². The summed E-state index contributed by atoms with van der Waals surface area (Å²) in [7, 11) is 0. The van der Waals surface area contributed by atoms with E-state index in [0.29, 0.717) is 12.6 Å². The summed E-state index contributed by atoms with van der Waals surface area (Å²) in [5.41, 5.74) is -0.0334. The molecule has 0 spiro atoms. The molecular formula is C14H18F2N2O2. The molecule has 0 atom stereocenters. The average Bonchev–Trinajstić information content (AvgIpc) is 2.31. The number of nitrogens with one attached hydrogen (secondary N) is 1. The van der Waals surface area contributed by atoms with E-state index in [1.54, 1.807) is 0 Å². The molecule has 1 aliphatic carbocycles. The highest BCUT2D eigenvalue weighted by Gasteiger charge is 2.26. The molecule has 20 heavy (non-hydrogen) atoms. The van der Waals surface area contributed by atoms with Crippen LogP contribution in [0.1, 0.15) is 19.3 Å². The third kappa shape index (κ3) is 3.74. The minimum absolute atomic E-state index is 0.0192. The van der Waals surface area contributed by atoms with E-state index in [4.69, 9.17) is 5.11 Å². The SMILES string of the molecule is O=C(CN(CCO)C1CCC1)Nc1ccc(F)cc1F. The summed E-state index contributed by atoms with van der Waals surface area (Å²) < 4.78 is 26.2. The van der Waals surface area contributed by atoms with Gasteiger partial charge in [-0.15, -0.1) is 0 Å². The molecule has 110 valence electrons. The summed E-state index contributed by atoms with van der Waals surface area (Å²) in [6.45, 7) is 0.501. The fourth-order valence-corrected chi connectivity index (χ4v) is 2.24. The van der Waals surface area contributed by atoms with Gasteiger partial charge in [0.05, 0.1) is 18.8 Å². The van der Waals surface area contributed by atoms with Gasteiger partial charge in [0.15, 0.2) is 0 Å². The molecule has 1 aromatic carbocycles. The van der Waals surface area contributed by atoms with E-state index in [-0.39, 0.29) is 24.7 Å². The number of carbonyl (C=O) groups excluding carboxylic acids is 1. The topological polar surface area (TPSA) is 52.6 Å². The number of halogens is 2. The average molecular weight is 284 g/mol. The van der Waals surface area contributed by atoms with Crippen LogP contribution in [0, 0.1) is 11.6 Å². The zero-order valence-electron chi connectivity index (χ0n) is 11.1. The van der Waals surface area contributed by atoms with Crippen LogP contribution in [0.3, 0.4) is 0 Å². The Morgan fingerprint density at radius 1 is 1.40 bits per heavy atom. The summed E-state index contributed by atoms with van der Waals surface area (Å²) in [4.78, 5) is 13.8. The lowest BCUT2D eigenvalue weighted by Gasteiger charge is -2.36. The van der Waals surface area contributed by atoms with E-state index in [2.05, 4.69) is 5.32 Å². The summed E-state index contributed by atoms with van der Waals surface area (Å²) in [6.07, 6.45) is 3.15. The second-order valence-corrected chi connectivity index (χ2v) is 4.95. The largest absolute Gasteiger partial charge is 0.395 e. The van der Waals surface area contributed by atoms with Gasteiger partial charge in [-0.1, -0.05) is 6.42 Å². The number of hydrogen-bond acceptors (Lipinski definition) is 3. The Bertz CT molecular complexity index is 478. The van der Waals surface area contributed by atoms with Gasteiger partial charge >= 0.3 is 0 Å². The normalized spacial score (nSPS) is 15.2. The van der Waals surface area contributed by atoms with Gasteiger partial charge in [-0.25, -0.2) is 8.78 Å². The van der Waals surface area contributed by atoms with Crippen LogP contribution in [0.25, 0.3) is 0 Å². The third-order valence-corrected chi connectivity index (χ3v) is 3.53. The van der Waals surface area contributed by atoms with Crippen molar-refractivity contribution in [3.05, 3.63) is 29.8 Å². The molecule has 0 bridgehead atoms. The Kier molecular flexibility index (Phi) is 5.03. The fraction of sp³-hybridized carbons (Fsp3) is 0.500. The van der Waals surface area contributed by atoms with Gasteiger partial charge in [0.2, 0.25) is 5.91 Å². The number of aliphatic hydroxyl groups is 1. The van der Waals surface area contributed by atoms with Gasteiger partial charge in [0.25, 0.3) is 0 Å². The van der Waals surface area contributed by atoms with E-state index in [0.717, 1.165) is 31.4 Å². The van der Waals surface area contributed by atoms with Gasteiger partial charge in [-0.3, -0.25) is 9.69 Å². The highest BCUT2D eigenvalue weighted by Crippen LogP contribution is 2.24. The highest BCUT2D eigenvalue weighted by molar-refractivity contribution is 5.92. The van der Waals surface area contributed by atoms with E-state index < -0.39 is 11.6 Å². The van der Waals surface area contributed by atoms with Crippen molar-refractivity contribution in [2.24, 2.45) is 0 Å². The van der Waals surface area contributed by atoms with Gasteiger partial charge in [0, 0.05) is 18.7 Å². The van der Waals surface area contributed by atoms with Crippen molar-refractivity contribution in [2.45, 2.75) is 25.3 Å². The standard InChI is InChI=1S/C14H18F2N2O2/c15-10-4-5-13(12(16)8-10)17-14(20)9-18(6-7-19)11-2-1-3-11/h4-5,8,11,19H,1-3,6-7,9H2,(H,17,20). The maximum absolute atomic E-state index is 13.4. The highest BCUT2D eigenvalue weighted by atomic mass is 19.1. The van der Waals surface area contributed by atoms with Gasteiger partial charge in [0.1, 0.15) is 11.6 Å². The Morgan fingerprint density at radius 3 is 2.70 bits per heavy atom. The molecule has 2 N–H and O–H groups in total. The quantitative estimate of drug-likeness (QED) is 0.837. The smallest absolute Gasteiger partial charge is 0.238 e. The zero-order valence-corrected chi connectivity index (χ0v) is 11.1. The van der Waals surface area contributed by atoms with Crippen molar-refractivity contribution in [3.8, 4) is 0 Å². The van der Waals surface area contributed by atoms with Crippen molar-refractivity contribution < 1.29 is 18.7 Å². The predicted octanol–water partition coefficient (Wildman–Crippen LogP) is 1.75. The lowest BCUT2D eigenvalue weighted by atomic mass is 9.91. The summed E-state index contributed by atoms with van der Waals surface area (Å²) in [5.74, 6) is -1.84.